The maximum atomic E-state index is 12.7. The summed E-state index contributed by atoms with van der Waals surface area (Å²) in [5.74, 6) is 0.279. The number of rotatable bonds is 7. The van der Waals surface area contributed by atoms with E-state index in [9.17, 15) is 9.59 Å². The molecule has 1 aliphatic rings. The molecule has 0 aromatic heterocycles. The van der Waals surface area contributed by atoms with Gasteiger partial charge in [0.1, 0.15) is 12.4 Å². The second-order valence-corrected chi connectivity index (χ2v) is 7.04. The molecule has 1 heterocycles. The van der Waals surface area contributed by atoms with Crippen LogP contribution in [-0.4, -0.2) is 18.1 Å². The summed E-state index contributed by atoms with van der Waals surface area (Å²) in [5, 5.41) is 5.47. The molecule has 1 aliphatic heterocycles. The smallest absolute Gasteiger partial charge is 0.338 e. The number of carbonyl (C=O) groups is 2. The second kappa shape index (κ2) is 9.28. The molecule has 0 fully saturated rings. The number of ether oxygens (including phenoxy) is 2. The van der Waals surface area contributed by atoms with Gasteiger partial charge in [0, 0.05) is 5.70 Å². The highest BCUT2D eigenvalue weighted by Crippen LogP contribution is 2.29. The van der Waals surface area contributed by atoms with Crippen molar-refractivity contribution in [3.63, 3.8) is 0 Å². The van der Waals surface area contributed by atoms with Crippen molar-refractivity contribution >= 4 is 12.0 Å². The lowest BCUT2D eigenvalue weighted by atomic mass is 9.95. The molecule has 2 aromatic carbocycles. The van der Waals surface area contributed by atoms with Crippen LogP contribution in [-0.2, 0) is 16.1 Å². The third kappa shape index (κ3) is 5.16. The first kappa shape index (κ1) is 20.5. The van der Waals surface area contributed by atoms with Crippen molar-refractivity contribution in [3.8, 4) is 5.75 Å². The van der Waals surface area contributed by atoms with E-state index in [0.29, 0.717) is 23.6 Å². The predicted octanol–water partition coefficient (Wildman–Crippen LogP) is 4.24. The van der Waals surface area contributed by atoms with E-state index in [1.165, 1.54) is 0 Å². The SMILES string of the molecule is CC[C@H](C)OC(=O)C1=C(C)NC(=O)N[C@H]1c1ccc(OCc2ccccc2)cc1. The number of carbonyl (C=O) groups excluding carboxylic acids is 2. The molecule has 2 amide bonds. The molecule has 6 nitrogen and oxygen atoms in total. The fourth-order valence-corrected chi connectivity index (χ4v) is 3.04. The van der Waals surface area contributed by atoms with Crippen LogP contribution in [0.15, 0.2) is 65.9 Å². The zero-order valence-corrected chi connectivity index (χ0v) is 16.9. The van der Waals surface area contributed by atoms with E-state index in [1.54, 1.807) is 6.92 Å². The highest BCUT2D eigenvalue weighted by Gasteiger charge is 2.32. The van der Waals surface area contributed by atoms with Crippen molar-refractivity contribution in [3.05, 3.63) is 77.0 Å². The Bertz CT molecular complexity index is 891. The van der Waals surface area contributed by atoms with Gasteiger partial charge in [-0.3, -0.25) is 0 Å². The molecule has 0 aliphatic carbocycles. The molecular formula is C23H26N2O4. The Balaban J connectivity index is 1.76. The maximum absolute atomic E-state index is 12.7. The molecule has 0 bridgehead atoms. The second-order valence-electron chi connectivity index (χ2n) is 7.04. The lowest BCUT2D eigenvalue weighted by Crippen LogP contribution is -2.45. The Morgan fingerprint density at radius 2 is 1.79 bits per heavy atom. The van der Waals surface area contributed by atoms with Crippen molar-refractivity contribution in [2.24, 2.45) is 0 Å². The number of hydrogen-bond donors (Lipinski definition) is 2. The van der Waals surface area contributed by atoms with Crippen LogP contribution >= 0.6 is 0 Å². The van der Waals surface area contributed by atoms with E-state index in [0.717, 1.165) is 17.5 Å². The van der Waals surface area contributed by atoms with Gasteiger partial charge in [0.05, 0.1) is 17.7 Å². The van der Waals surface area contributed by atoms with E-state index in [-0.39, 0.29) is 12.1 Å². The maximum Gasteiger partial charge on any atom is 0.338 e. The molecule has 0 spiro atoms. The first-order valence-electron chi connectivity index (χ1n) is 9.74. The summed E-state index contributed by atoms with van der Waals surface area (Å²) in [7, 11) is 0. The summed E-state index contributed by atoms with van der Waals surface area (Å²) in [6.45, 7) is 5.97. The number of urea groups is 1. The molecule has 0 saturated carbocycles. The summed E-state index contributed by atoms with van der Waals surface area (Å²) in [4.78, 5) is 24.7. The van der Waals surface area contributed by atoms with Crippen LogP contribution in [0.3, 0.4) is 0 Å². The molecule has 29 heavy (non-hydrogen) atoms. The predicted molar refractivity (Wildman–Crippen MR) is 110 cm³/mol. The molecule has 2 aromatic rings. The number of benzene rings is 2. The standard InChI is InChI=1S/C23H26N2O4/c1-4-15(2)29-22(26)20-16(3)24-23(27)25-21(20)18-10-12-19(13-11-18)28-14-17-8-6-5-7-9-17/h5-13,15,21H,4,14H2,1-3H3,(H2,24,25,27)/t15-,21-/m0/s1. The van der Waals surface area contributed by atoms with Gasteiger partial charge in [0.25, 0.3) is 0 Å². The van der Waals surface area contributed by atoms with Gasteiger partial charge < -0.3 is 20.1 Å². The van der Waals surface area contributed by atoms with Gasteiger partial charge in [-0.15, -0.1) is 0 Å². The van der Waals surface area contributed by atoms with Gasteiger partial charge >= 0.3 is 12.0 Å². The minimum atomic E-state index is -0.580. The van der Waals surface area contributed by atoms with Crippen LogP contribution in [0, 0.1) is 0 Å². The van der Waals surface area contributed by atoms with Crippen molar-refractivity contribution in [2.45, 2.75) is 45.9 Å². The van der Waals surface area contributed by atoms with Gasteiger partial charge in [-0.1, -0.05) is 49.4 Å². The molecule has 6 heteroatoms. The van der Waals surface area contributed by atoms with E-state index in [1.807, 2.05) is 68.4 Å². The highest BCUT2D eigenvalue weighted by atomic mass is 16.5. The fourth-order valence-electron chi connectivity index (χ4n) is 3.04. The first-order chi connectivity index (χ1) is 14.0. The Labute approximate surface area is 170 Å². The average molecular weight is 394 g/mol. The minimum absolute atomic E-state index is 0.199. The Morgan fingerprint density at radius 3 is 2.45 bits per heavy atom. The third-order valence-electron chi connectivity index (χ3n) is 4.83. The van der Waals surface area contributed by atoms with Crippen molar-refractivity contribution in [1.29, 1.82) is 0 Å². The fraction of sp³-hybridized carbons (Fsp3) is 0.304. The quantitative estimate of drug-likeness (QED) is 0.689. The van der Waals surface area contributed by atoms with Gasteiger partial charge in [-0.25, -0.2) is 9.59 Å². The van der Waals surface area contributed by atoms with E-state index in [2.05, 4.69) is 10.6 Å². The van der Waals surface area contributed by atoms with E-state index in [4.69, 9.17) is 9.47 Å². The minimum Gasteiger partial charge on any atom is -0.489 e. The number of hydrogen-bond acceptors (Lipinski definition) is 4. The van der Waals surface area contributed by atoms with Crippen LogP contribution in [0.1, 0.15) is 44.4 Å². The summed E-state index contributed by atoms with van der Waals surface area (Å²) < 4.78 is 11.3. The monoisotopic (exact) mass is 394 g/mol. The van der Waals surface area contributed by atoms with Crippen LogP contribution < -0.4 is 15.4 Å². The molecule has 152 valence electrons. The zero-order valence-electron chi connectivity index (χ0n) is 16.9. The van der Waals surface area contributed by atoms with Gasteiger partial charge in [0.15, 0.2) is 0 Å². The molecule has 2 atom stereocenters. The normalized spacial score (nSPS) is 17.2. The molecule has 0 radical (unpaired) electrons. The van der Waals surface area contributed by atoms with Crippen molar-refractivity contribution < 1.29 is 19.1 Å². The summed E-state index contributed by atoms with van der Waals surface area (Å²) in [6.07, 6.45) is 0.519. The van der Waals surface area contributed by atoms with E-state index >= 15 is 0 Å². The number of allylic oxidation sites excluding steroid dienone is 1. The van der Waals surface area contributed by atoms with Gasteiger partial charge in [-0.05, 0) is 43.5 Å². The molecule has 3 rings (SSSR count). The van der Waals surface area contributed by atoms with Crippen LogP contribution in [0.4, 0.5) is 4.79 Å². The van der Waals surface area contributed by atoms with E-state index < -0.39 is 12.0 Å². The number of amides is 2. The lowest BCUT2D eigenvalue weighted by Gasteiger charge is -2.29. The largest absolute Gasteiger partial charge is 0.489 e. The highest BCUT2D eigenvalue weighted by molar-refractivity contribution is 5.95. The summed E-state index contributed by atoms with van der Waals surface area (Å²) in [5.41, 5.74) is 2.76. The molecule has 2 N–H and O–H groups in total. The van der Waals surface area contributed by atoms with Crippen molar-refractivity contribution in [1.82, 2.24) is 10.6 Å². The number of esters is 1. The molecular weight excluding hydrogens is 368 g/mol. The van der Waals surface area contributed by atoms with Gasteiger partial charge in [0.2, 0.25) is 0 Å². The van der Waals surface area contributed by atoms with Crippen LogP contribution in [0.25, 0.3) is 0 Å². The van der Waals surface area contributed by atoms with Crippen LogP contribution in [0.2, 0.25) is 0 Å². The number of nitrogens with one attached hydrogen (secondary N) is 2. The average Bonchev–Trinajstić information content (AvgIpc) is 2.72. The Kier molecular flexibility index (Phi) is 6.54. The molecule has 0 saturated heterocycles. The van der Waals surface area contributed by atoms with Gasteiger partial charge in [-0.2, -0.15) is 0 Å². The Morgan fingerprint density at radius 1 is 1.10 bits per heavy atom. The first-order valence-corrected chi connectivity index (χ1v) is 9.74. The third-order valence-corrected chi connectivity index (χ3v) is 4.83. The summed E-state index contributed by atoms with van der Waals surface area (Å²) in [6, 6.07) is 16.3. The van der Waals surface area contributed by atoms with Crippen LogP contribution in [0.5, 0.6) is 5.75 Å². The topological polar surface area (TPSA) is 76.7 Å². The summed E-state index contributed by atoms with van der Waals surface area (Å²) >= 11 is 0. The van der Waals surface area contributed by atoms with Crippen molar-refractivity contribution in [2.75, 3.05) is 0 Å². The lowest BCUT2D eigenvalue weighted by molar-refractivity contribution is -0.144. The molecule has 0 unspecified atom stereocenters. The Hall–Kier alpha value is -3.28. The zero-order chi connectivity index (χ0) is 20.8.